The van der Waals surface area contributed by atoms with Crippen molar-refractivity contribution in [2.75, 3.05) is 41.4 Å². The number of aromatic hydroxyl groups is 2. The van der Waals surface area contributed by atoms with Crippen molar-refractivity contribution in [1.82, 2.24) is 9.80 Å². The molecule has 0 saturated carbocycles. The molecule has 8 heteroatoms. The predicted octanol–water partition coefficient (Wildman–Crippen LogP) is 6.56. The minimum Gasteiger partial charge on any atom is -0.504 e. The fourth-order valence-electron chi connectivity index (χ4n) is 6.98. The van der Waals surface area contributed by atoms with Crippen molar-refractivity contribution >= 4 is 0 Å². The monoisotopic (exact) mass is 594 g/mol. The van der Waals surface area contributed by atoms with Gasteiger partial charge in [-0.2, -0.15) is 0 Å². The van der Waals surface area contributed by atoms with Crippen LogP contribution in [0, 0.1) is 0 Å². The van der Waals surface area contributed by atoms with E-state index in [2.05, 4.69) is 48.2 Å². The van der Waals surface area contributed by atoms with E-state index >= 15 is 0 Å². The maximum Gasteiger partial charge on any atom is 0.204 e. The van der Waals surface area contributed by atoms with E-state index in [1.54, 1.807) is 26.4 Å². The van der Waals surface area contributed by atoms with Gasteiger partial charge in [-0.1, -0.05) is 18.2 Å². The van der Waals surface area contributed by atoms with E-state index in [0.29, 0.717) is 40.9 Å². The zero-order valence-corrected chi connectivity index (χ0v) is 25.6. The molecule has 4 aromatic carbocycles. The van der Waals surface area contributed by atoms with Crippen molar-refractivity contribution in [3.63, 3.8) is 0 Å². The summed E-state index contributed by atoms with van der Waals surface area (Å²) in [6.07, 6.45) is 3.11. The molecule has 4 aromatic rings. The Bertz CT molecular complexity index is 1720. The van der Waals surface area contributed by atoms with Gasteiger partial charge in [-0.3, -0.25) is 9.80 Å². The van der Waals surface area contributed by atoms with E-state index in [1.807, 2.05) is 24.3 Å². The van der Waals surface area contributed by atoms with Crippen LogP contribution in [0.5, 0.6) is 46.0 Å². The fraction of sp³-hybridized carbons (Fsp3) is 0.333. The Morgan fingerprint density at radius 3 is 2.16 bits per heavy atom. The van der Waals surface area contributed by atoms with Gasteiger partial charge in [0.15, 0.2) is 34.5 Å². The summed E-state index contributed by atoms with van der Waals surface area (Å²) in [5.41, 5.74) is 6.61. The molecule has 2 N–H and O–H groups in total. The molecule has 0 unspecified atom stereocenters. The van der Waals surface area contributed by atoms with E-state index < -0.39 is 0 Å². The molecule has 8 rings (SSSR count). The number of fused-ring (bicyclic) bond motifs is 2. The molecule has 4 aliphatic heterocycles. The predicted molar refractivity (Wildman–Crippen MR) is 168 cm³/mol. The minimum absolute atomic E-state index is 0.0594. The van der Waals surface area contributed by atoms with Crippen molar-refractivity contribution in [2.24, 2.45) is 0 Å². The maximum atomic E-state index is 11.0. The maximum absolute atomic E-state index is 11.0. The van der Waals surface area contributed by atoms with Crippen molar-refractivity contribution in [1.29, 1.82) is 0 Å². The second-order valence-electron chi connectivity index (χ2n) is 12.1. The molecule has 0 spiro atoms. The van der Waals surface area contributed by atoms with Crippen LogP contribution in [0.3, 0.4) is 0 Å². The van der Waals surface area contributed by atoms with E-state index in [0.717, 1.165) is 49.0 Å². The zero-order valence-electron chi connectivity index (χ0n) is 25.6. The fourth-order valence-corrected chi connectivity index (χ4v) is 6.98. The quantitative estimate of drug-likeness (QED) is 0.270. The summed E-state index contributed by atoms with van der Waals surface area (Å²) in [5, 5.41) is 21.9. The standard InChI is InChI=1S/C36H38N2O6/c1-37-13-11-23-19-32(41-3)33-20-26(23)27(37)15-21-5-8-25(9-6-21)43-36-34-24(18-30(40)35(36)42-4)12-14-38(2)28(34)16-22-7-10-29(39)31(17-22)44-33/h5-10,17-20,27-28,39-40H,11-16H2,1-4H3/t27-,28+/m1/s1. The third kappa shape index (κ3) is 4.98. The first kappa shape index (κ1) is 28.4. The van der Waals surface area contributed by atoms with Crippen LogP contribution in [0.1, 0.15) is 45.5 Å². The van der Waals surface area contributed by atoms with Crippen molar-refractivity contribution < 1.29 is 29.2 Å². The SMILES string of the molecule is COc1cc2c3cc1Oc1cc(ccc1O)C[C@H]1c4c(cc(O)c(OC)c4Oc4ccc(cc4)C[C@H]3N(C)CC2)CCN1C. The number of rotatable bonds is 2. The lowest BCUT2D eigenvalue weighted by atomic mass is 9.87. The van der Waals surface area contributed by atoms with Crippen LogP contribution in [0.4, 0.5) is 0 Å². The summed E-state index contributed by atoms with van der Waals surface area (Å²) in [7, 11) is 7.46. The highest BCUT2D eigenvalue weighted by Crippen LogP contribution is 2.50. The third-order valence-corrected chi connectivity index (χ3v) is 9.44. The van der Waals surface area contributed by atoms with Gasteiger partial charge in [0.2, 0.25) is 5.75 Å². The molecule has 0 aromatic heterocycles. The zero-order chi connectivity index (χ0) is 30.5. The van der Waals surface area contributed by atoms with E-state index in [9.17, 15) is 10.2 Å². The molecule has 0 saturated heterocycles. The summed E-state index contributed by atoms with van der Waals surface area (Å²) in [5.74, 6) is 3.24. The van der Waals surface area contributed by atoms with Crippen molar-refractivity contribution in [3.8, 4) is 46.0 Å². The summed E-state index contributed by atoms with van der Waals surface area (Å²) in [4.78, 5) is 4.67. The van der Waals surface area contributed by atoms with Crippen LogP contribution in [0.15, 0.2) is 60.7 Å². The molecule has 4 aliphatic rings. The highest BCUT2D eigenvalue weighted by molar-refractivity contribution is 5.62. The van der Waals surface area contributed by atoms with Gasteiger partial charge in [0.25, 0.3) is 0 Å². The third-order valence-electron chi connectivity index (χ3n) is 9.44. The van der Waals surface area contributed by atoms with Gasteiger partial charge in [-0.15, -0.1) is 0 Å². The van der Waals surface area contributed by atoms with Crippen LogP contribution in [0.25, 0.3) is 0 Å². The van der Waals surface area contributed by atoms with Gasteiger partial charge in [-0.05, 0) is 110 Å². The molecule has 8 nitrogen and oxygen atoms in total. The minimum atomic E-state index is -0.0756. The number of ether oxygens (including phenoxy) is 4. The molecule has 4 heterocycles. The Morgan fingerprint density at radius 2 is 1.41 bits per heavy atom. The molecular formula is C36H38N2O6. The largest absolute Gasteiger partial charge is 0.504 e. The number of phenolic OH excluding ortho intramolecular Hbond substituents is 2. The van der Waals surface area contributed by atoms with Crippen LogP contribution >= 0.6 is 0 Å². The summed E-state index contributed by atoms with van der Waals surface area (Å²) < 4.78 is 24.6. The highest BCUT2D eigenvalue weighted by Gasteiger charge is 2.33. The lowest BCUT2D eigenvalue weighted by Gasteiger charge is -2.36. The van der Waals surface area contributed by atoms with Gasteiger partial charge in [0.05, 0.1) is 14.2 Å². The molecule has 0 fully saturated rings. The average Bonchev–Trinajstić information content (AvgIpc) is 3.02. The first-order valence-electron chi connectivity index (χ1n) is 15.1. The number of methoxy groups -OCH3 is 2. The molecule has 0 radical (unpaired) electrons. The van der Waals surface area contributed by atoms with Crippen molar-refractivity contribution in [2.45, 2.75) is 37.8 Å². The van der Waals surface area contributed by atoms with Crippen LogP contribution < -0.4 is 18.9 Å². The molecule has 228 valence electrons. The molecule has 0 aliphatic carbocycles. The number of phenols is 2. The summed E-state index contributed by atoms with van der Waals surface area (Å²) in [6.45, 7) is 1.75. The normalized spacial score (nSPS) is 19.6. The summed E-state index contributed by atoms with van der Waals surface area (Å²) >= 11 is 0. The lowest BCUT2D eigenvalue weighted by Crippen LogP contribution is -2.34. The van der Waals surface area contributed by atoms with Crippen LogP contribution in [-0.4, -0.2) is 61.4 Å². The second kappa shape index (κ2) is 11.3. The number of likely N-dealkylation sites (N-methyl/N-ethyl adjacent to an activating group) is 2. The highest BCUT2D eigenvalue weighted by atomic mass is 16.5. The molecule has 0 amide bonds. The molecule has 44 heavy (non-hydrogen) atoms. The van der Waals surface area contributed by atoms with E-state index in [-0.39, 0.29) is 23.6 Å². The number of nitrogens with zero attached hydrogens (tertiary/aromatic N) is 2. The van der Waals surface area contributed by atoms with Crippen LogP contribution in [-0.2, 0) is 25.7 Å². The number of benzene rings is 4. The Balaban J connectivity index is 1.42. The van der Waals surface area contributed by atoms with Gasteiger partial charge < -0.3 is 29.2 Å². The smallest absolute Gasteiger partial charge is 0.204 e. The number of hydrogen-bond acceptors (Lipinski definition) is 8. The molecule has 6 bridgehead atoms. The Morgan fingerprint density at radius 1 is 0.705 bits per heavy atom. The first-order valence-corrected chi connectivity index (χ1v) is 15.1. The topological polar surface area (TPSA) is 83.9 Å². The summed E-state index contributed by atoms with van der Waals surface area (Å²) in [6, 6.07) is 19.7. The van der Waals surface area contributed by atoms with Gasteiger partial charge in [0.1, 0.15) is 5.75 Å². The van der Waals surface area contributed by atoms with E-state index in [1.165, 1.54) is 16.7 Å². The second-order valence-corrected chi connectivity index (χ2v) is 12.1. The molecular weight excluding hydrogens is 556 g/mol. The van der Waals surface area contributed by atoms with E-state index in [4.69, 9.17) is 18.9 Å². The Kier molecular flexibility index (Phi) is 7.26. The average molecular weight is 595 g/mol. The Labute approximate surface area is 258 Å². The molecule has 2 atom stereocenters. The van der Waals surface area contributed by atoms with Gasteiger partial charge >= 0.3 is 0 Å². The Hall–Kier alpha value is -4.40. The number of hydrogen-bond donors (Lipinski definition) is 2. The van der Waals surface area contributed by atoms with Crippen LogP contribution in [0.2, 0.25) is 0 Å². The first-order chi connectivity index (χ1) is 21.3. The van der Waals surface area contributed by atoms with Gasteiger partial charge in [0, 0.05) is 30.7 Å². The lowest BCUT2D eigenvalue weighted by molar-refractivity contribution is 0.221. The van der Waals surface area contributed by atoms with Crippen molar-refractivity contribution in [3.05, 3.63) is 94.0 Å². The van der Waals surface area contributed by atoms with Gasteiger partial charge in [-0.25, -0.2) is 0 Å².